The summed E-state index contributed by atoms with van der Waals surface area (Å²) < 4.78 is 22.0. The topological polar surface area (TPSA) is 101 Å². The van der Waals surface area contributed by atoms with Gasteiger partial charge in [-0.05, 0) is 29.8 Å². The van der Waals surface area contributed by atoms with Crippen molar-refractivity contribution >= 4 is 38.9 Å². The highest BCUT2D eigenvalue weighted by Gasteiger charge is 2.07. The van der Waals surface area contributed by atoms with Crippen molar-refractivity contribution in [3.8, 4) is 0 Å². The van der Waals surface area contributed by atoms with Gasteiger partial charge in [0, 0.05) is 5.69 Å². The molecule has 0 aromatic heterocycles. The predicted molar refractivity (Wildman–Crippen MR) is 91.8 cm³/mol. The molecule has 0 heterocycles. The van der Waals surface area contributed by atoms with Crippen molar-refractivity contribution in [1.82, 2.24) is 0 Å². The maximum Gasteiger partial charge on any atom is 0.243 e. The van der Waals surface area contributed by atoms with Gasteiger partial charge in [0.25, 0.3) is 0 Å². The van der Waals surface area contributed by atoms with Gasteiger partial charge in [-0.3, -0.25) is 4.79 Å². The molecule has 0 unspecified atom stereocenters. The Morgan fingerprint density at radius 2 is 1.74 bits per heavy atom. The highest BCUT2D eigenvalue weighted by molar-refractivity contribution is 7.88. The Balaban J connectivity index is 1.89. The second-order valence-corrected chi connectivity index (χ2v) is 6.91. The van der Waals surface area contributed by atoms with Crippen LogP contribution in [0.4, 0.5) is 11.4 Å². The first kappa shape index (κ1) is 17.3. The van der Waals surface area contributed by atoms with Crippen molar-refractivity contribution in [1.29, 1.82) is 0 Å². The Bertz CT molecular complexity index is 792. The first-order valence-corrected chi connectivity index (χ1v) is 8.80. The lowest BCUT2D eigenvalue weighted by atomic mass is 10.2. The zero-order valence-corrected chi connectivity index (χ0v) is 13.7. The molecule has 0 radical (unpaired) electrons. The molecule has 0 fully saturated rings. The average molecular weight is 354 g/mol. The van der Waals surface area contributed by atoms with Crippen LogP contribution in [0.2, 0.25) is 5.02 Å². The van der Waals surface area contributed by atoms with Gasteiger partial charge >= 0.3 is 0 Å². The van der Waals surface area contributed by atoms with Crippen molar-refractivity contribution in [2.75, 3.05) is 17.2 Å². The fraction of sp³-hybridized carbons (Fsp3) is 0.133. The van der Waals surface area contributed by atoms with E-state index >= 15 is 0 Å². The molecule has 2 aromatic carbocycles. The number of amides is 1. The molecule has 0 atom stereocenters. The van der Waals surface area contributed by atoms with Crippen LogP contribution in [-0.4, -0.2) is 20.9 Å². The summed E-state index contributed by atoms with van der Waals surface area (Å²) in [6, 6.07) is 13.6. The summed E-state index contributed by atoms with van der Waals surface area (Å²) in [4.78, 5) is 11.9. The quantitative estimate of drug-likeness (QED) is 0.740. The summed E-state index contributed by atoms with van der Waals surface area (Å²) in [6.07, 6.45) is 0. The van der Waals surface area contributed by atoms with E-state index in [1.54, 1.807) is 42.5 Å². The molecule has 122 valence electrons. The minimum absolute atomic E-state index is 0.0582. The Labute approximate surface area is 139 Å². The van der Waals surface area contributed by atoms with E-state index in [1.165, 1.54) is 0 Å². The number of para-hydroxylation sites is 1. The minimum atomic E-state index is -3.57. The number of hydrogen-bond donors (Lipinski definition) is 3. The molecular formula is C15H16ClN3O3S. The van der Waals surface area contributed by atoms with E-state index in [0.717, 1.165) is 0 Å². The van der Waals surface area contributed by atoms with Gasteiger partial charge in [0.2, 0.25) is 15.9 Å². The number of benzene rings is 2. The zero-order valence-electron chi connectivity index (χ0n) is 12.1. The SMILES string of the molecule is NS(=O)(=O)Cc1ccc(NC(=O)CNc2ccccc2Cl)cc1. The maximum atomic E-state index is 11.9. The number of nitrogens with one attached hydrogen (secondary N) is 2. The molecule has 0 bridgehead atoms. The number of nitrogens with two attached hydrogens (primary N) is 1. The van der Waals surface area contributed by atoms with Gasteiger partial charge in [0.15, 0.2) is 0 Å². The molecule has 2 rings (SSSR count). The predicted octanol–water partition coefficient (Wildman–Crippen LogP) is 2.18. The van der Waals surface area contributed by atoms with Crippen LogP contribution < -0.4 is 15.8 Å². The Morgan fingerprint density at radius 3 is 2.35 bits per heavy atom. The van der Waals surface area contributed by atoms with Crippen molar-refractivity contribution in [2.24, 2.45) is 5.14 Å². The molecule has 0 saturated heterocycles. The van der Waals surface area contributed by atoms with Gasteiger partial charge in [-0.25, -0.2) is 13.6 Å². The van der Waals surface area contributed by atoms with E-state index in [1.807, 2.05) is 6.07 Å². The number of carbonyl (C=O) groups is 1. The smallest absolute Gasteiger partial charge is 0.243 e. The van der Waals surface area contributed by atoms with E-state index in [-0.39, 0.29) is 18.2 Å². The molecular weight excluding hydrogens is 338 g/mol. The van der Waals surface area contributed by atoms with Crippen LogP contribution in [0.5, 0.6) is 0 Å². The standard InChI is InChI=1S/C15H16ClN3O3S/c16-13-3-1-2-4-14(13)18-9-15(20)19-12-7-5-11(6-8-12)10-23(17,21)22/h1-8,18H,9-10H2,(H,19,20)(H2,17,21,22). The lowest BCUT2D eigenvalue weighted by Gasteiger charge is -2.09. The van der Waals surface area contributed by atoms with Gasteiger partial charge in [0.1, 0.15) is 0 Å². The molecule has 2 aromatic rings. The largest absolute Gasteiger partial charge is 0.375 e. The van der Waals surface area contributed by atoms with Crippen molar-refractivity contribution in [3.63, 3.8) is 0 Å². The van der Waals surface area contributed by atoms with E-state index in [9.17, 15) is 13.2 Å². The van der Waals surface area contributed by atoms with Crippen LogP contribution in [0.25, 0.3) is 0 Å². The molecule has 6 nitrogen and oxygen atoms in total. The normalized spacial score (nSPS) is 11.0. The molecule has 0 aliphatic heterocycles. The fourth-order valence-corrected chi connectivity index (χ4v) is 2.76. The van der Waals surface area contributed by atoms with Crippen LogP contribution in [0, 0.1) is 0 Å². The van der Waals surface area contributed by atoms with Crippen LogP contribution >= 0.6 is 11.6 Å². The number of halogens is 1. The molecule has 23 heavy (non-hydrogen) atoms. The minimum Gasteiger partial charge on any atom is -0.375 e. The third-order valence-electron chi connectivity index (χ3n) is 2.92. The summed E-state index contributed by atoms with van der Waals surface area (Å²) in [6.45, 7) is 0.0582. The summed E-state index contributed by atoms with van der Waals surface area (Å²) in [5, 5.41) is 11.1. The third kappa shape index (κ3) is 5.90. The Hall–Kier alpha value is -2.09. The lowest BCUT2D eigenvalue weighted by molar-refractivity contribution is -0.114. The van der Waals surface area contributed by atoms with Crippen LogP contribution in [0.3, 0.4) is 0 Å². The Morgan fingerprint density at radius 1 is 1.09 bits per heavy atom. The van der Waals surface area contributed by atoms with E-state index in [0.29, 0.717) is 22.0 Å². The highest BCUT2D eigenvalue weighted by atomic mass is 35.5. The molecule has 0 aliphatic rings. The second-order valence-electron chi connectivity index (χ2n) is 4.89. The van der Waals surface area contributed by atoms with Gasteiger partial charge < -0.3 is 10.6 Å². The van der Waals surface area contributed by atoms with E-state index in [4.69, 9.17) is 16.7 Å². The summed E-state index contributed by atoms with van der Waals surface area (Å²) in [7, 11) is -3.57. The van der Waals surface area contributed by atoms with Gasteiger partial charge in [-0.15, -0.1) is 0 Å². The van der Waals surface area contributed by atoms with Crippen LogP contribution in [0.1, 0.15) is 5.56 Å². The third-order valence-corrected chi connectivity index (χ3v) is 3.98. The molecule has 0 saturated carbocycles. The van der Waals surface area contributed by atoms with Crippen molar-refractivity contribution in [3.05, 3.63) is 59.1 Å². The number of primary sulfonamides is 1. The molecule has 8 heteroatoms. The van der Waals surface area contributed by atoms with Crippen molar-refractivity contribution in [2.45, 2.75) is 5.75 Å². The first-order valence-electron chi connectivity index (χ1n) is 6.71. The highest BCUT2D eigenvalue weighted by Crippen LogP contribution is 2.20. The zero-order chi connectivity index (χ0) is 16.9. The number of sulfonamides is 1. The molecule has 4 N–H and O–H groups in total. The van der Waals surface area contributed by atoms with Crippen LogP contribution in [0.15, 0.2) is 48.5 Å². The Kier molecular flexibility index (Phi) is 5.59. The number of rotatable bonds is 6. The first-order chi connectivity index (χ1) is 10.8. The number of anilines is 2. The molecule has 0 aliphatic carbocycles. The number of carbonyl (C=O) groups excluding carboxylic acids is 1. The summed E-state index contributed by atoms with van der Waals surface area (Å²) >= 11 is 5.98. The van der Waals surface area contributed by atoms with E-state index in [2.05, 4.69) is 10.6 Å². The van der Waals surface area contributed by atoms with Crippen LogP contribution in [-0.2, 0) is 20.6 Å². The monoisotopic (exact) mass is 353 g/mol. The maximum absolute atomic E-state index is 11.9. The lowest BCUT2D eigenvalue weighted by Crippen LogP contribution is -2.21. The summed E-state index contributed by atoms with van der Waals surface area (Å²) in [5.41, 5.74) is 1.79. The second kappa shape index (κ2) is 7.45. The van der Waals surface area contributed by atoms with Gasteiger partial charge in [0.05, 0.1) is 23.0 Å². The average Bonchev–Trinajstić information content (AvgIpc) is 2.47. The van der Waals surface area contributed by atoms with E-state index < -0.39 is 10.0 Å². The van der Waals surface area contributed by atoms with Gasteiger partial charge in [-0.2, -0.15) is 0 Å². The fourth-order valence-electron chi connectivity index (χ4n) is 1.90. The summed E-state index contributed by atoms with van der Waals surface area (Å²) in [5.74, 6) is -0.487. The molecule has 0 spiro atoms. The van der Waals surface area contributed by atoms with Gasteiger partial charge in [-0.1, -0.05) is 35.9 Å². The number of hydrogen-bond acceptors (Lipinski definition) is 4. The molecule has 1 amide bonds. The van der Waals surface area contributed by atoms with Crippen molar-refractivity contribution < 1.29 is 13.2 Å².